The minimum atomic E-state index is -4.97. The topological polar surface area (TPSA) is 124 Å². The number of aliphatic imine (C=N–C) groups is 3. The molecule has 3 amide bonds. The number of amidine groups is 1. The molecule has 0 aliphatic carbocycles. The summed E-state index contributed by atoms with van der Waals surface area (Å²) in [6.07, 6.45) is 1.84. The van der Waals surface area contributed by atoms with Crippen LogP contribution in [0, 0.1) is 0 Å². The maximum atomic E-state index is 12.5. The summed E-state index contributed by atoms with van der Waals surface area (Å²) < 4.78 is 37.0. The second-order valence-electron chi connectivity index (χ2n) is 7.93. The second-order valence-corrected chi connectivity index (χ2v) is 7.93. The highest BCUT2D eigenvalue weighted by atomic mass is 19.4. The highest BCUT2D eigenvalue weighted by molar-refractivity contribution is 6.34. The van der Waals surface area contributed by atoms with Crippen LogP contribution in [0.3, 0.4) is 0 Å². The monoisotopic (exact) mass is 490 g/mol. The molecular formula is C23H25F3N6O3. The normalized spacial score (nSPS) is 14.9. The Labute approximate surface area is 199 Å². The molecule has 12 heteroatoms. The Kier molecular flexibility index (Phi) is 8.50. The lowest BCUT2D eigenvalue weighted by Crippen LogP contribution is -2.33. The molecule has 1 aromatic carbocycles. The lowest BCUT2D eigenvalue weighted by molar-refractivity contribution is -0.167. The smallest absolute Gasteiger partial charge is 0.381 e. The number of carbonyl (C=O) groups excluding carboxylic acids is 3. The number of hydrogen-bond donors (Lipinski definition) is 3. The maximum absolute atomic E-state index is 12.5. The van der Waals surface area contributed by atoms with Gasteiger partial charge in [-0.05, 0) is 30.7 Å². The van der Waals surface area contributed by atoms with Crippen molar-refractivity contribution in [1.29, 1.82) is 0 Å². The lowest BCUT2D eigenvalue weighted by Gasteiger charge is -2.12. The molecule has 0 saturated carbocycles. The molecule has 2 aliphatic heterocycles. The van der Waals surface area contributed by atoms with Crippen LogP contribution in [0.15, 0.2) is 50.4 Å². The van der Waals surface area contributed by atoms with Crippen LogP contribution in [0.25, 0.3) is 0 Å². The Morgan fingerprint density at radius 3 is 2.31 bits per heavy atom. The quantitative estimate of drug-likeness (QED) is 0.432. The average Bonchev–Trinajstić information content (AvgIpc) is 3.21. The molecule has 0 atom stereocenters. The Bertz CT molecular complexity index is 1100. The highest BCUT2D eigenvalue weighted by Gasteiger charge is 2.38. The number of fused-ring (bicyclic) bond motifs is 1. The highest BCUT2D eigenvalue weighted by Crippen LogP contribution is 2.22. The molecule has 0 radical (unpaired) electrons. The molecule has 0 saturated heterocycles. The van der Waals surface area contributed by atoms with Gasteiger partial charge in [0.2, 0.25) is 11.9 Å². The zero-order valence-corrected chi connectivity index (χ0v) is 19.0. The van der Waals surface area contributed by atoms with Gasteiger partial charge in [-0.2, -0.15) is 23.2 Å². The summed E-state index contributed by atoms with van der Waals surface area (Å²) in [6, 6.07) is 5.59. The maximum Gasteiger partial charge on any atom is 0.471 e. The standard InChI is InChI=1S/C23H25F3N6O3/c1-2-3-4-5-6-7-17(33)30-22-31-19-18(20(34)32-22)14(13-28-19)12-27-15-8-10-16(11-9-15)29-21(35)23(24,25)26/h8-11,13,27H,2-7,12H2,1H3,(H,29,35)(H,30,32,33,34). The number of nitrogens with one attached hydrogen (secondary N) is 3. The molecular weight excluding hydrogens is 465 g/mol. The van der Waals surface area contributed by atoms with Crippen molar-refractivity contribution in [2.75, 3.05) is 17.2 Å². The van der Waals surface area contributed by atoms with Gasteiger partial charge >= 0.3 is 12.1 Å². The van der Waals surface area contributed by atoms with Crippen LogP contribution in [-0.4, -0.2) is 48.5 Å². The van der Waals surface area contributed by atoms with E-state index in [4.69, 9.17) is 0 Å². The predicted molar refractivity (Wildman–Crippen MR) is 127 cm³/mol. The summed E-state index contributed by atoms with van der Waals surface area (Å²) >= 11 is 0. The van der Waals surface area contributed by atoms with Crippen molar-refractivity contribution in [3.05, 3.63) is 35.4 Å². The number of halogens is 3. The van der Waals surface area contributed by atoms with Crippen LogP contribution in [0.2, 0.25) is 0 Å². The van der Waals surface area contributed by atoms with Gasteiger partial charge in [0.1, 0.15) is 0 Å². The van der Waals surface area contributed by atoms with Crippen molar-refractivity contribution in [2.45, 2.75) is 51.6 Å². The summed E-state index contributed by atoms with van der Waals surface area (Å²) in [4.78, 5) is 47.7. The first-order valence-electron chi connectivity index (χ1n) is 11.2. The largest absolute Gasteiger partial charge is 0.471 e. The van der Waals surface area contributed by atoms with E-state index in [0.717, 1.165) is 32.1 Å². The van der Waals surface area contributed by atoms with Crippen LogP contribution in [0.4, 0.5) is 24.5 Å². The number of amides is 3. The van der Waals surface area contributed by atoms with E-state index in [1.807, 2.05) is 0 Å². The third-order valence-electron chi connectivity index (χ3n) is 5.16. The van der Waals surface area contributed by atoms with Gasteiger partial charge in [-0.3, -0.25) is 19.7 Å². The Morgan fingerprint density at radius 1 is 0.943 bits per heavy atom. The molecule has 3 rings (SSSR count). The molecule has 1 aromatic rings. The van der Waals surface area contributed by atoms with E-state index in [0.29, 0.717) is 17.7 Å². The van der Waals surface area contributed by atoms with E-state index in [-0.39, 0.29) is 35.5 Å². The number of guanidine groups is 1. The van der Waals surface area contributed by atoms with Crippen molar-refractivity contribution >= 4 is 47.1 Å². The van der Waals surface area contributed by atoms with Gasteiger partial charge < -0.3 is 10.6 Å². The van der Waals surface area contributed by atoms with Crippen molar-refractivity contribution in [3.8, 4) is 0 Å². The molecule has 35 heavy (non-hydrogen) atoms. The first kappa shape index (κ1) is 25.8. The summed E-state index contributed by atoms with van der Waals surface area (Å²) in [5.41, 5.74) is 1.27. The van der Waals surface area contributed by atoms with Gasteiger partial charge in [0.05, 0.1) is 5.57 Å². The number of unbranched alkanes of at least 4 members (excludes halogenated alkanes) is 4. The molecule has 2 aliphatic rings. The molecule has 2 heterocycles. The molecule has 0 fully saturated rings. The summed E-state index contributed by atoms with van der Waals surface area (Å²) in [7, 11) is 0. The van der Waals surface area contributed by atoms with Crippen molar-refractivity contribution in [2.24, 2.45) is 15.0 Å². The van der Waals surface area contributed by atoms with E-state index < -0.39 is 18.0 Å². The van der Waals surface area contributed by atoms with Crippen LogP contribution in [0.5, 0.6) is 0 Å². The van der Waals surface area contributed by atoms with Gasteiger partial charge in [0.15, 0.2) is 5.84 Å². The SMILES string of the molecule is CCCCCCCC(=O)NC1=NC(=O)C2=C(CNc3ccc(NC(=O)C(F)(F)F)cc3)C=NC2=N1. The zero-order chi connectivity index (χ0) is 25.4. The fraction of sp³-hybridized carbons (Fsp3) is 0.391. The van der Waals surface area contributed by atoms with Gasteiger partial charge in [0, 0.05) is 36.1 Å². The molecule has 0 unspecified atom stereocenters. The zero-order valence-electron chi connectivity index (χ0n) is 19.0. The summed E-state index contributed by atoms with van der Waals surface area (Å²) in [5, 5.41) is 7.33. The predicted octanol–water partition coefficient (Wildman–Crippen LogP) is 3.75. The van der Waals surface area contributed by atoms with E-state index in [2.05, 4.69) is 32.5 Å². The Balaban J connectivity index is 1.53. The van der Waals surface area contributed by atoms with Crippen molar-refractivity contribution in [1.82, 2.24) is 5.32 Å². The lowest BCUT2D eigenvalue weighted by atomic mass is 10.1. The number of anilines is 2. The van der Waals surface area contributed by atoms with Crippen LogP contribution < -0.4 is 16.0 Å². The first-order chi connectivity index (χ1) is 16.7. The molecule has 0 aromatic heterocycles. The summed E-state index contributed by atoms with van der Waals surface area (Å²) in [5.74, 6) is -2.82. The fourth-order valence-corrected chi connectivity index (χ4v) is 3.34. The van der Waals surface area contributed by atoms with Crippen LogP contribution in [0.1, 0.15) is 45.4 Å². The van der Waals surface area contributed by atoms with Gasteiger partial charge in [-0.25, -0.2) is 4.99 Å². The van der Waals surface area contributed by atoms with Crippen LogP contribution in [-0.2, 0) is 14.4 Å². The number of carbonyl (C=O) groups is 3. The Morgan fingerprint density at radius 2 is 1.63 bits per heavy atom. The molecule has 186 valence electrons. The molecule has 9 nitrogen and oxygen atoms in total. The molecule has 3 N–H and O–H groups in total. The third-order valence-corrected chi connectivity index (χ3v) is 5.16. The number of benzene rings is 1. The number of alkyl halides is 3. The number of rotatable bonds is 10. The van der Waals surface area contributed by atoms with E-state index in [1.165, 1.54) is 30.5 Å². The van der Waals surface area contributed by atoms with E-state index in [9.17, 15) is 27.6 Å². The van der Waals surface area contributed by atoms with Gasteiger partial charge in [-0.1, -0.05) is 32.6 Å². The third kappa shape index (κ3) is 7.33. The molecule has 0 bridgehead atoms. The first-order valence-corrected chi connectivity index (χ1v) is 11.2. The van der Waals surface area contributed by atoms with Gasteiger partial charge in [-0.15, -0.1) is 0 Å². The van der Waals surface area contributed by atoms with Gasteiger partial charge in [0.25, 0.3) is 5.91 Å². The average molecular weight is 490 g/mol. The fourth-order valence-electron chi connectivity index (χ4n) is 3.34. The van der Waals surface area contributed by atoms with Crippen molar-refractivity contribution in [3.63, 3.8) is 0 Å². The summed E-state index contributed by atoms with van der Waals surface area (Å²) in [6.45, 7) is 2.29. The van der Waals surface area contributed by atoms with Crippen molar-refractivity contribution < 1.29 is 27.6 Å². The minimum Gasteiger partial charge on any atom is -0.381 e. The molecule has 0 spiro atoms. The number of hydrogen-bond acceptors (Lipinski definition) is 6. The number of nitrogens with zero attached hydrogens (tertiary/aromatic N) is 3. The second kappa shape index (κ2) is 11.5. The Hall–Kier alpha value is -3.83. The van der Waals surface area contributed by atoms with Crippen LogP contribution >= 0.6 is 0 Å². The van der Waals surface area contributed by atoms with E-state index in [1.54, 1.807) is 5.32 Å². The minimum absolute atomic E-state index is 0.0101. The van der Waals surface area contributed by atoms with E-state index >= 15 is 0 Å².